The second-order valence-corrected chi connectivity index (χ2v) is 8.09. The molecule has 3 aromatic rings. The standard InChI is InChI=1S/C19H19N3O7S/c1-26-14-9-12(10-15(27-2)16(14)28-3)17(23)20-19-22-21-18(29-19)11-5-7-13(8-6-11)30(4,24)25/h5-10H,1-4H3,(H,20,22,23). The first-order chi connectivity index (χ1) is 14.3. The van der Waals surface area contributed by atoms with E-state index in [9.17, 15) is 13.2 Å². The number of sulfone groups is 1. The molecule has 0 saturated carbocycles. The highest BCUT2D eigenvalue weighted by molar-refractivity contribution is 7.90. The fourth-order valence-electron chi connectivity index (χ4n) is 2.62. The smallest absolute Gasteiger partial charge is 0.322 e. The zero-order valence-electron chi connectivity index (χ0n) is 16.6. The maximum Gasteiger partial charge on any atom is 0.322 e. The van der Waals surface area contributed by atoms with E-state index in [1.807, 2.05) is 0 Å². The minimum absolute atomic E-state index is 0.121. The number of benzene rings is 2. The Morgan fingerprint density at radius 1 is 0.967 bits per heavy atom. The van der Waals surface area contributed by atoms with Gasteiger partial charge in [-0.2, -0.15) is 0 Å². The summed E-state index contributed by atoms with van der Waals surface area (Å²) >= 11 is 0. The van der Waals surface area contributed by atoms with E-state index in [4.69, 9.17) is 18.6 Å². The quantitative estimate of drug-likeness (QED) is 0.597. The van der Waals surface area contributed by atoms with Gasteiger partial charge in [0, 0.05) is 17.4 Å². The van der Waals surface area contributed by atoms with Crippen LogP contribution < -0.4 is 19.5 Å². The van der Waals surface area contributed by atoms with Gasteiger partial charge in [-0.15, -0.1) is 5.10 Å². The number of ether oxygens (including phenoxy) is 3. The summed E-state index contributed by atoms with van der Waals surface area (Å²) in [5, 5.41) is 10.2. The van der Waals surface area contributed by atoms with E-state index >= 15 is 0 Å². The molecule has 0 atom stereocenters. The van der Waals surface area contributed by atoms with E-state index in [0.29, 0.717) is 22.8 Å². The van der Waals surface area contributed by atoms with Crippen molar-refractivity contribution in [3.8, 4) is 28.7 Å². The normalized spacial score (nSPS) is 11.1. The average molecular weight is 433 g/mol. The van der Waals surface area contributed by atoms with E-state index in [-0.39, 0.29) is 22.4 Å². The first kappa shape index (κ1) is 21.1. The zero-order chi connectivity index (χ0) is 21.9. The molecule has 2 aromatic carbocycles. The van der Waals surface area contributed by atoms with Crippen LogP contribution in [0, 0.1) is 0 Å². The summed E-state index contributed by atoms with van der Waals surface area (Å²) in [5.74, 6) is 0.583. The molecule has 10 nitrogen and oxygen atoms in total. The molecule has 0 saturated heterocycles. The third-order valence-corrected chi connectivity index (χ3v) is 5.23. The highest BCUT2D eigenvalue weighted by Gasteiger charge is 2.19. The lowest BCUT2D eigenvalue weighted by Gasteiger charge is -2.13. The number of carbonyl (C=O) groups is 1. The molecular weight excluding hydrogens is 414 g/mol. The predicted octanol–water partition coefficient (Wildman–Crippen LogP) is 2.42. The second-order valence-electron chi connectivity index (χ2n) is 6.08. The van der Waals surface area contributed by atoms with Gasteiger partial charge in [-0.3, -0.25) is 10.1 Å². The van der Waals surface area contributed by atoms with Crippen molar-refractivity contribution < 1.29 is 31.8 Å². The van der Waals surface area contributed by atoms with Crippen LogP contribution in [0.15, 0.2) is 45.7 Å². The van der Waals surface area contributed by atoms with Gasteiger partial charge >= 0.3 is 6.01 Å². The number of hydrogen-bond acceptors (Lipinski definition) is 9. The summed E-state index contributed by atoms with van der Waals surface area (Å²) in [6, 6.07) is 8.78. The van der Waals surface area contributed by atoms with E-state index < -0.39 is 15.7 Å². The third-order valence-electron chi connectivity index (χ3n) is 4.10. The fourth-order valence-corrected chi connectivity index (χ4v) is 3.25. The molecule has 158 valence electrons. The molecule has 1 aromatic heterocycles. The van der Waals surface area contributed by atoms with E-state index in [0.717, 1.165) is 6.26 Å². The molecule has 0 radical (unpaired) electrons. The number of anilines is 1. The van der Waals surface area contributed by atoms with Crippen molar-refractivity contribution >= 4 is 21.8 Å². The summed E-state index contributed by atoms with van der Waals surface area (Å²) in [5.41, 5.74) is 0.727. The Bertz CT molecular complexity index is 1150. The summed E-state index contributed by atoms with van der Waals surface area (Å²) in [6.45, 7) is 0. The lowest BCUT2D eigenvalue weighted by molar-refractivity contribution is 0.102. The van der Waals surface area contributed by atoms with Gasteiger partial charge in [0.15, 0.2) is 21.3 Å². The average Bonchev–Trinajstić information content (AvgIpc) is 3.20. The Labute approximate surface area is 172 Å². The molecule has 0 spiro atoms. The highest BCUT2D eigenvalue weighted by atomic mass is 32.2. The summed E-state index contributed by atoms with van der Waals surface area (Å²) in [4.78, 5) is 12.8. The van der Waals surface area contributed by atoms with Gasteiger partial charge in [0.25, 0.3) is 5.91 Å². The van der Waals surface area contributed by atoms with Crippen LogP contribution in [0.25, 0.3) is 11.5 Å². The van der Waals surface area contributed by atoms with E-state index in [1.165, 1.54) is 57.7 Å². The molecule has 0 bridgehead atoms. The number of nitrogens with zero attached hydrogens (tertiary/aromatic N) is 2. The monoisotopic (exact) mass is 433 g/mol. The van der Waals surface area contributed by atoms with Gasteiger partial charge in [0.05, 0.1) is 26.2 Å². The van der Waals surface area contributed by atoms with Gasteiger partial charge in [-0.25, -0.2) is 8.42 Å². The van der Waals surface area contributed by atoms with Crippen LogP contribution in [0.3, 0.4) is 0 Å². The van der Waals surface area contributed by atoms with Gasteiger partial charge < -0.3 is 18.6 Å². The summed E-state index contributed by atoms with van der Waals surface area (Å²) < 4.78 is 44.3. The largest absolute Gasteiger partial charge is 0.493 e. The van der Waals surface area contributed by atoms with Crippen LogP contribution in [0.2, 0.25) is 0 Å². The molecule has 1 amide bonds. The van der Waals surface area contributed by atoms with E-state index in [2.05, 4.69) is 15.5 Å². The Hall–Kier alpha value is -3.60. The van der Waals surface area contributed by atoms with Crippen LogP contribution in [0.4, 0.5) is 6.01 Å². The minimum Gasteiger partial charge on any atom is -0.493 e. The van der Waals surface area contributed by atoms with Crippen LogP contribution in [0.1, 0.15) is 10.4 Å². The first-order valence-corrected chi connectivity index (χ1v) is 10.4. The molecule has 0 aliphatic rings. The second kappa shape index (κ2) is 8.41. The summed E-state index contributed by atoms with van der Waals surface area (Å²) in [7, 11) is 1.03. The zero-order valence-corrected chi connectivity index (χ0v) is 17.4. The molecule has 0 aliphatic carbocycles. The fraction of sp³-hybridized carbons (Fsp3) is 0.211. The molecule has 0 aliphatic heterocycles. The maximum atomic E-state index is 12.6. The van der Waals surface area contributed by atoms with Crippen LogP contribution in [-0.4, -0.2) is 52.1 Å². The van der Waals surface area contributed by atoms with Crippen molar-refractivity contribution in [3.63, 3.8) is 0 Å². The number of carbonyl (C=O) groups excluding carboxylic acids is 1. The molecule has 11 heteroatoms. The van der Waals surface area contributed by atoms with Gasteiger partial charge in [0.1, 0.15) is 0 Å². The maximum absolute atomic E-state index is 12.6. The molecule has 30 heavy (non-hydrogen) atoms. The lowest BCUT2D eigenvalue weighted by Crippen LogP contribution is -2.13. The number of amides is 1. The topological polar surface area (TPSA) is 130 Å². The Morgan fingerprint density at radius 2 is 1.57 bits per heavy atom. The molecule has 3 rings (SSSR count). The van der Waals surface area contributed by atoms with Crippen molar-refractivity contribution in [2.75, 3.05) is 32.9 Å². The highest BCUT2D eigenvalue weighted by Crippen LogP contribution is 2.38. The van der Waals surface area contributed by atoms with Crippen molar-refractivity contribution in [1.29, 1.82) is 0 Å². The molecule has 1 heterocycles. The molecule has 0 unspecified atom stereocenters. The number of aromatic nitrogens is 2. The predicted molar refractivity (Wildman–Crippen MR) is 107 cm³/mol. The van der Waals surface area contributed by atoms with Crippen molar-refractivity contribution in [2.45, 2.75) is 4.90 Å². The minimum atomic E-state index is -3.31. The molecular formula is C19H19N3O7S. The summed E-state index contributed by atoms with van der Waals surface area (Å²) in [6.07, 6.45) is 1.12. The van der Waals surface area contributed by atoms with Crippen molar-refractivity contribution in [1.82, 2.24) is 10.2 Å². The lowest BCUT2D eigenvalue weighted by atomic mass is 10.1. The van der Waals surface area contributed by atoms with Crippen LogP contribution in [0.5, 0.6) is 17.2 Å². The van der Waals surface area contributed by atoms with Gasteiger partial charge in [0.2, 0.25) is 11.6 Å². The number of nitrogens with one attached hydrogen (secondary N) is 1. The Balaban J connectivity index is 1.81. The Morgan fingerprint density at radius 3 is 2.07 bits per heavy atom. The van der Waals surface area contributed by atoms with Crippen molar-refractivity contribution in [3.05, 3.63) is 42.0 Å². The Kier molecular flexibility index (Phi) is 5.92. The van der Waals surface area contributed by atoms with E-state index in [1.54, 1.807) is 0 Å². The number of methoxy groups -OCH3 is 3. The molecule has 0 fully saturated rings. The van der Waals surface area contributed by atoms with Crippen LogP contribution >= 0.6 is 0 Å². The number of rotatable bonds is 7. The number of hydrogen-bond donors (Lipinski definition) is 1. The van der Waals surface area contributed by atoms with Gasteiger partial charge in [-0.1, -0.05) is 5.10 Å². The van der Waals surface area contributed by atoms with Crippen LogP contribution in [-0.2, 0) is 9.84 Å². The molecule has 1 N–H and O–H groups in total. The first-order valence-electron chi connectivity index (χ1n) is 8.52. The van der Waals surface area contributed by atoms with Gasteiger partial charge in [-0.05, 0) is 36.4 Å². The third kappa shape index (κ3) is 4.35. The van der Waals surface area contributed by atoms with Crippen molar-refractivity contribution in [2.24, 2.45) is 0 Å². The SMILES string of the molecule is COc1cc(C(=O)Nc2nnc(-c3ccc(S(C)(=O)=O)cc3)o2)cc(OC)c1OC.